The van der Waals surface area contributed by atoms with Crippen molar-refractivity contribution in [2.45, 2.75) is 34.1 Å². The van der Waals surface area contributed by atoms with E-state index in [4.69, 9.17) is 10.00 Å². The van der Waals surface area contributed by atoms with Crippen LogP contribution < -0.4 is 0 Å². The van der Waals surface area contributed by atoms with Crippen molar-refractivity contribution in [3.8, 4) is 6.07 Å². The molecule has 0 aromatic heterocycles. The number of allylic oxidation sites excluding steroid dienone is 1. The third-order valence-electron chi connectivity index (χ3n) is 1.73. The Hall–Kier alpha value is -1.30. The second-order valence-electron chi connectivity index (χ2n) is 3.59. The molecule has 0 heterocycles. The highest BCUT2D eigenvalue weighted by Crippen LogP contribution is 2.15. The maximum atomic E-state index is 11.3. The molecule has 0 unspecified atom stereocenters. The minimum atomic E-state index is -0.506. The average Bonchev–Trinajstić information content (AvgIpc) is 2.04. The summed E-state index contributed by atoms with van der Waals surface area (Å²) in [6, 6.07) is 1.90. The summed E-state index contributed by atoms with van der Waals surface area (Å²) in [5.74, 6) is -0.0686. The molecule has 3 heteroatoms. The van der Waals surface area contributed by atoms with Crippen molar-refractivity contribution in [1.29, 1.82) is 5.26 Å². The molecule has 0 saturated carbocycles. The minimum absolute atomic E-state index is 0.153. The summed E-state index contributed by atoms with van der Waals surface area (Å²) in [5.41, 5.74) is 0.960. The lowest BCUT2D eigenvalue weighted by Crippen LogP contribution is -2.09. The maximum Gasteiger partial charge on any atom is 0.348 e. The summed E-state index contributed by atoms with van der Waals surface area (Å²) in [6.45, 7) is 7.92. The molecule has 0 spiro atoms. The normalized spacial score (nSPS) is 12.0. The molecule has 0 bridgehead atoms. The molecule has 3 nitrogen and oxygen atoms in total. The Morgan fingerprint density at radius 1 is 1.50 bits per heavy atom. The summed E-state index contributed by atoms with van der Waals surface area (Å²) in [7, 11) is 0. The van der Waals surface area contributed by atoms with Crippen LogP contribution in [0.4, 0.5) is 0 Å². The highest BCUT2D eigenvalue weighted by Gasteiger charge is 2.13. The first-order valence-corrected chi connectivity index (χ1v) is 4.79. The Labute approximate surface area is 85.4 Å². The Bertz CT molecular complexity index is 272. The van der Waals surface area contributed by atoms with Gasteiger partial charge in [-0.2, -0.15) is 5.26 Å². The van der Waals surface area contributed by atoms with Crippen LogP contribution in [0.1, 0.15) is 34.1 Å². The number of hydrogen-bond donors (Lipinski definition) is 0. The van der Waals surface area contributed by atoms with Gasteiger partial charge in [-0.3, -0.25) is 0 Å². The molecular formula is C11H17NO2. The fourth-order valence-electron chi connectivity index (χ4n) is 1.23. The molecule has 0 N–H and O–H groups in total. The number of ether oxygens (including phenoxy) is 1. The van der Waals surface area contributed by atoms with Crippen LogP contribution in [0, 0.1) is 17.2 Å². The molecule has 0 saturated heterocycles. The smallest absolute Gasteiger partial charge is 0.348 e. The number of carbonyl (C=O) groups excluding carboxylic acids is 1. The van der Waals surface area contributed by atoms with E-state index in [1.54, 1.807) is 13.8 Å². The Kier molecular flexibility index (Phi) is 5.62. The lowest BCUT2D eigenvalue weighted by atomic mass is 10.0. The van der Waals surface area contributed by atoms with E-state index in [0.717, 1.165) is 12.0 Å². The highest BCUT2D eigenvalue weighted by molar-refractivity contribution is 5.93. The van der Waals surface area contributed by atoms with Crippen molar-refractivity contribution >= 4 is 5.97 Å². The molecule has 0 aromatic rings. The van der Waals surface area contributed by atoms with Gasteiger partial charge in [-0.15, -0.1) is 0 Å². The molecule has 14 heavy (non-hydrogen) atoms. The van der Waals surface area contributed by atoms with E-state index in [1.807, 2.05) is 19.9 Å². The van der Waals surface area contributed by atoms with Crippen LogP contribution in [0.3, 0.4) is 0 Å². The predicted molar refractivity (Wildman–Crippen MR) is 54.4 cm³/mol. The van der Waals surface area contributed by atoms with Crippen LogP contribution in [-0.4, -0.2) is 12.6 Å². The second-order valence-corrected chi connectivity index (χ2v) is 3.59. The van der Waals surface area contributed by atoms with Gasteiger partial charge in [-0.1, -0.05) is 13.8 Å². The van der Waals surface area contributed by atoms with Gasteiger partial charge in [0.05, 0.1) is 6.61 Å². The summed E-state index contributed by atoms with van der Waals surface area (Å²) in [6.07, 6.45) is 0.752. The molecule has 0 aliphatic heterocycles. The molecule has 0 aliphatic rings. The SMILES string of the molecule is CCOC(=O)C(C#N)=C(C)CC(C)C. The van der Waals surface area contributed by atoms with Crippen molar-refractivity contribution in [2.24, 2.45) is 5.92 Å². The van der Waals surface area contributed by atoms with E-state index in [1.165, 1.54) is 0 Å². The number of nitrogens with zero attached hydrogens (tertiary/aromatic N) is 1. The number of carbonyl (C=O) groups is 1. The monoisotopic (exact) mass is 195 g/mol. The van der Waals surface area contributed by atoms with E-state index in [9.17, 15) is 4.79 Å². The fourth-order valence-corrected chi connectivity index (χ4v) is 1.23. The Morgan fingerprint density at radius 2 is 2.07 bits per heavy atom. The summed E-state index contributed by atoms with van der Waals surface area (Å²) in [5, 5.41) is 8.80. The van der Waals surface area contributed by atoms with Crippen molar-refractivity contribution in [3.05, 3.63) is 11.1 Å². The quantitative estimate of drug-likeness (QED) is 0.393. The first-order chi connectivity index (χ1) is 6.52. The third kappa shape index (κ3) is 4.08. The molecule has 0 aliphatic carbocycles. The number of nitriles is 1. The average molecular weight is 195 g/mol. The van der Waals surface area contributed by atoms with Gasteiger partial charge in [-0.25, -0.2) is 4.79 Å². The zero-order valence-electron chi connectivity index (χ0n) is 9.26. The molecule has 0 atom stereocenters. The van der Waals surface area contributed by atoms with E-state index in [2.05, 4.69) is 0 Å². The van der Waals surface area contributed by atoms with Crippen LogP contribution in [-0.2, 0) is 9.53 Å². The molecule has 0 rings (SSSR count). The van der Waals surface area contributed by atoms with E-state index in [0.29, 0.717) is 12.5 Å². The van der Waals surface area contributed by atoms with E-state index >= 15 is 0 Å². The van der Waals surface area contributed by atoms with Crippen LogP contribution in [0.15, 0.2) is 11.1 Å². The summed E-state index contributed by atoms with van der Waals surface area (Å²) >= 11 is 0. The first kappa shape index (κ1) is 12.7. The van der Waals surface area contributed by atoms with Gasteiger partial charge in [0.2, 0.25) is 0 Å². The number of esters is 1. The molecule has 0 aromatic carbocycles. The van der Waals surface area contributed by atoms with Crippen molar-refractivity contribution in [2.75, 3.05) is 6.61 Å². The third-order valence-corrected chi connectivity index (χ3v) is 1.73. The zero-order chi connectivity index (χ0) is 11.1. The van der Waals surface area contributed by atoms with Gasteiger partial charge >= 0.3 is 5.97 Å². The maximum absolute atomic E-state index is 11.3. The fraction of sp³-hybridized carbons (Fsp3) is 0.636. The molecule has 0 radical (unpaired) electrons. The van der Waals surface area contributed by atoms with Crippen molar-refractivity contribution in [1.82, 2.24) is 0 Å². The first-order valence-electron chi connectivity index (χ1n) is 4.79. The van der Waals surface area contributed by atoms with Crippen molar-refractivity contribution in [3.63, 3.8) is 0 Å². The Morgan fingerprint density at radius 3 is 2.43 bits per heavy atom. The second kappa shape index (κ2) is 6.20. The topological polar surface area (TPSA) is 50.1 Å². The molecular weight excluding hydrogens is 178 g/mol. The van der Waals surface area contributed by atoms with Crippen molar-refractivity contribution < 1.29 is 9.53 Å². The van der Waals surface area contributed by atoms with Gasteiger partial charge in [0.1, 0.15) is 11.6 Å². The zero-order valence-corrected chi connectivity index (χ0v) is 9.26. The number of hydrogen-bond acceptors (Lipinski definition) is 3. The van der Waals surface area contributed by atoms with Gasteiger partial charge in [-0.05, 0) is 31.8 Å². The number of rotatable bonds is 4. The summed E-state index contributed by atoms with van der Waals surface area (Å²) < 4.78 is 4.78. The Balaban J connectivity index is 4.68. The van der Waals surface area contributed by atoms with Gasteiger partial charge in [0.25, 0.3) is 0 Å². The lowest BCUT2D eigenvalue weighted by molar-refractivity contribution is -0.138. The van der Waals surface area contributed by atoms with Gasteiger partial charge in [0.15, 0.2) is 0 Å². The van der Waals surface area contributed by atoms with E-state index < -0.39 is 5.97 Å². The van der Waals surface area contributed by atoms with Crippen LogP contribution in [0.2, 0.25) is 0 Å². The molecule has 0 fully saturated rings. The standard InChI is InChI=1S/C11H17NO2/c1-5-14-11(13)10(7-12)9(4)6-8(2)3/h8H,5-6H2,1-4H3. The van der Waals surface area contributed by atoms with E-state index in [-0.39, 0.29) is 5.57 Å². The molecule has 78 valence electrons. The largest absolute Gasteiger partial charge is 0.462 e. The van der Waals surface area contributed by atoms with Crippen LogP contribution in [0.25, 0.3) is 0 Å². The van der Waals surface area contributed by atoms with Gasteiger partial charge in [0, 0.05) is 0 Å². The van der Waals surface area contributed by atoms with Crippen LogP contribution in [0.5, 0.6) is 0 Å². The predicted octanol–water partition coefficient (Wildman–Crippen LogP) is 2.44. The minimum Gasteiger partial charge on any atom is -0.462 e. The molecule has 0 amide bonds. The lowest BCUT2D eigenvalue weighted by Gasteiger charge is -2.07. The highest BCUT2D eigenvalue weighted by atomic mass is 16.5. The summed E-state index contributed by atoms with van der Waals surface area (Å²) in [4.78, 5) is 11.3. The van der Waals surface area contributed by atoms with Crippen LogP contribution >= 0.6 is 0 Å². The van der Waals surface area contributed by atoms with Gasteiger partial charge < -0.3 is 4.74 Å².